The van der Waals surface area contributed by atoms with Gasteiger partial charge >= 0.3 is 0 Å². The zero-order chi connectivity index (χ0) is 24.9. The molecule has 0 bridgehead atoms. The highest BCUT2D eigenvalue weighted by Gasteiger charge is 2.32. The van der Waals surface area contributed by atoms with Crippen molar-refractivity contribution in [3.8, 4) is 22.1 Å². The van der Waals surface area contributed by atoms with Crippen molar-refractivity contribution in [1.82, 2.24) is 19.9 Å². The summed E-state index contributed by atoms with van der Waals surface area (Å²) < 4.78 is 23.0. The number of thiophene rings is 1. The molecule has 0 fully saturated rings. The van der Waals surface area contributed by atoms with Crippen LogP contribution in [0, 0.1) is 19.7 Å². The van der Waals surface area contributed by atoms with E-state index in [1.165, 1.54) is 25.5 Å². The van der Waals surface area contributed by atoms with Crippen LogP contribution in [0.15, 0.2) is 29.2 Å². The molecule has 178 valence electrons. The minimum Gasteiger partial charge on any atom is -0.434 e. The number of aryl methyl sites for hydroxylation is 3. The molecule has 0 aliphatic carbocycles. The third-order valence-corrected chi connectivity index (χ3v) is 6.82. The van der Waals surface area contributed by atoms with E-state index < -0.39 is 17.3 Å². The maximum absolute atomic E-state index is 15.7. The number of amides is 1. The van der Waals surface area contributed by atoms with Gasteiger partial charge in [0.15, 0.2) is 11.6 Å². The Morgan fingerprint density at radius 2 is 2.00 bits per heavy atom. The van der Waals surface area contributed by atoms with E-state index in [-0.39, 0.29) is 33.3 Å². The van der Waals surface area contributed by atoms with Gasteiger partial charge in [-0.2, -0.15) is 0 Å². The van der Waals surface area contributed by atoms with Gasteiger partial charge < -0.3 is 24.7 Å². The fourth-order valence-electron chi connectivity index (χ4n) is 3.79. The molecule has 34 heavy (non-hydrogen) atoms. The number of aliphatic hydroxyl groups is 1. The van der Waals surface area contributed by atoms with Crippen molar-refractivity contribution in [1.29, 1.82) is 0 Å². The lowest BCUT2D eigenvalue weighted by molar-refractivity contribution is 0.0785. The third-order valence-electron chi connectivity index (χ3n) is 5.33. The molecule has 0 unspecified atom stereocenters. The Bertz CT molecular complexity index is 1470. The van der Waals surface area contributed by atoms with Crippen molar-refractivity contribution in [3.05, 3.63) is 62.4 Å². The fourth-order valence-corrected chi connectivity index (χ4v) is 4.92. The van der Waals surface area contributed by atoms with Crippen molar-refractivity contribution in [2.45, 2.75) is 33.3 Å². The van der Waals surface area contributed by atoms with Crippen LogP contribution in [-0.4, -0.2) is 32.6 Å². The number of pyridine rings is 2. The van der Waals surface area contributed by atoms with Crippen molar-refractivity contribution in [2.24, 2.45) is 7.05 Å². The van der Waals surface area contributed by atoms with Crippen molar-refractivity contribution >= 4 is 28.1 Å². The van der Waals surface area contributed by atoms with Gasteiger partial charge in [-0.05, 0) is 45.4 Å². The van der Waals surface area contributed by atoms with Crippen molar-refractivity contribution in [2.75, 3.05) is 7.05 Å². The van der Waals surface area contributed by atoms with Gasteiger partial charge in [-0.1, -0.05) is 0 Å². The minimum atomic E-state index is -1.48. The quantitative estimate of drug-likeness (QED) is 0.395. The molecule has 4 rings (SSSR count). The van der Waals surface area contributed by atoms with Crippen molar-refractivity contribution in [3.63, 3.8) is 0 Å². The van der Waals surface area contributed by atoms with Crippen LogP contribution in [0.4, 0.5) is 4.39 Å². The Morgan fingerprint density at radius 1 is 1.29 bits per heavy atom. The van der Waals surface area contributed by atoms with Crippen LogP contribution in [0.1, 0.15) is 40.5 Å². The van der Waals surface area contributed by atoms with E-state index in [0.717, 1.165) is 16.9 Å². The van der Waals surface area contributed by atoms with Crippen LogP contribution in [0.25, 0.3) is 21.3 Å². The van der Waals surface area contributed by atoms with Crippen LogP contribution in [0.2, 0.25) is 0 Å². The highest BCUT2D eigenvalue weighted by molar-refractivity contribution is 7.16. The summed E-state index contributed by atoms with van der Waals surface area (Å²) in [5.74, 6) is -1.01. The van der Waals surface area contributed by atoms with Gasteiger partial charge in [-0.3, -0.25) is 9.59 Å². The van der Waals surface area contributed by atoms with Gasteiger partial charge in [0.25, 0.3) is 11.5 Å². The smallest absolute Gasteiger partial charge is 0.274 e. The number of fused-ring (bicyclic) bond motifs is 1. The topological polar surface area (TPSA) is 109 Å². The molecule has 0 atom stereocenters. The number of carbonyl (C=O) groups excluding carboxylic acids is 1. The number of aromatic amines is 1. The molecule has 0 spiro atoms. The van der Waals surface area contributed by atoms with Crippen LogP contribution in [0.5, 0.6) is 11.6 Å². The number of nitrogens with zero attached hydrogens (tertiary/aromatic N) is 2. The lowest BCUT2D eigenvalue weighted by Gasteiger charge is -2.14. The van der Waals surface area contributed by atoms with Gasteiger partial charge in [0.2, 0.25) is 5.88 Å². The lowest BCUT2D eigenvalue weighted by Crippen LogP contribution is -2.19. The predicted molar refractivity (Wildman–Crippen MR) is 129 cm³/mol. The Hall–Kier alpha value is -3.50. The van der Waals surface area contributed by atoms with Crippen molar-refractivity contribution < 1.29 is 19.0 Å². The largest absolute Gasteiger partial charge is 0.434 e. The highest BCUT2D eigenvalue weighted by Crippen LogP contribution is 2.48. The molecule has 4 aromatic heterocycles. The summed E-state index contributed by atoms with van der Waals surface area (Å²) in [6.07, 6.45) is 1.56. The first-order valence-corrected chi connectivity index (χ1v) is 11.4. The molecule has 3 N–H and O–H groups in total. The Labute approximate surface area is 199 Å². The second kappa shape index (κ2) is 8.37. The number of aromatic nitrogens is 3. The summed E-state index contributed by atoms with van der Waals surface area (Å²) in [7, 11) is 3.05. The Kier molecular flexibility index (Phi) is 5.82. The monoisotopic (exact) mass is 484 g/mol. The number of hydrogen-bond acceptors (Lipinski definition) is 6. The second-order valence-electron chi connectivity index (χ2n) is 8.70. The summed E-state index contributed by atoms with van der Waals surface area (Å²) in [5.41, 5.74) is 0.655. The average molecular weight is 485 g/mol. The third kappa shape index (κ3) is 4.10. The van der Waals surface area contributed by atoms with Crippen LogP contribution in [0.3, 0.4) is 0 Å². The number of carbonyl (C=O) groups is 1. The first-order valence-electron chi connectivity index (χ1n) is 10.5. The first-order chi connectivity index (χ1) is 15.9. The Morgan fingerprint density at radius 3 is 2.62 bits per heavy atom. The molecule has 1 amide bonds. The zero-order valence-electron chi connectivity index (χ0n) is 19.7. The van der Waals surface area contributed by atoms with E-state index >= 15 is 4.39 Å². The van der Waals surface area contributed by atoms with Crippen LogP contribution < -0.4 is 15.6 Å². The van der Waals surface area contributed by atoms with E-state index in [1.54, 1.807) is 25.4 Å². The molecule has 0 aromatic carbocycles. The van der Waals surface area contributed by atoms with Gasteiger partial charge in [0.05, 0.1) is 15.4 Å². The number of hydrogen-bond donors (Lipinski definition) is 3. The van der Waals surface area contributed by atoms with Crippen LogP contribution in [-0.2, 0) is 12.6 Å². The van der Waals surface area contributed by atoms with E-state index in [4.69, 9.17) is 4.74 Å². The number of rotatable bonds is 5. The number of halogens is 1. The van der Waals surface area contributed by atoms with Gasteiger partial charge in [0, 0.05) is 43.0 Å². The molecular weight excluding hydrogens is 459 g/mol. The number of ether oxygens (including phenoxy) is 1. The lowest BCUT2D eigenvalue weighted by atomic mass is 10.1. The molecule has 4 heterocycles. The van der Waals surface area contributed by atoms with Gasteiger partial charge in [-0.15, -0.1) is 11.3 Å². The average Bonchev–Trinajstić information content (AvgIpc) is 3.32. The van der Waals surface area contributed by atoms with E-state index in [1.807, 2.05) is 19.9 Å². The SMILES string of the molecule is CNC(=O)c1cc2c(-c3sc(C(C)(C)O)c(F)c3Oc3cc(C)cc(C)n3)cn(C)c(=O)c2[nH]1. The van der Waals surface area contributed by atoms with Gasteiger partial charge in [0.1, 0.15) is 11.2 Å². The standard InChI is InChI=1S/C24H25FN4O4S/c1-11-7-12(2)27-16(8-11)33-19-17(25)21(24(3,4)32)34-20(19)14-10-29(6)23(31)18-13(14)9-15(28-18)22(30)26-5/h7-10,28,32H,1-6H3,(H,26,30). The number of nitrogens with one attached hydrogen (secondary N) is 2. The summed E-state index contributed by atoms with van der Waals surface area (Å²) in [4.78, 5) is 32.6. The summed E-state index contributed by atoms with van der Waals surface area (Å²) in [5, 5.41) is 13.6. The second-order valence-corrected chi connectivity index (χ2v) is 9.72. The molecule has 10 heteroatoms. The molecule has 0 saturated heterocycles. The van der Waals surface area contributed by atoms with Crippen LogP contribution >= 0.6 is 11.3 Å². The predicted octanol–water partition coefficient (Wildman–Crippen LogP) is 4.13. The molecule has 0 saturated carbocycles. The first kappa shape index (κ1) is 23.7. The minimum absolute atomic E-state index is 0.0749. The molecule has 0 aliphatic rings. The molecule has 0 aliphatic heterocycles. The normalized spacial score (nSPS) is 11.8. The molecule has 4 aromatic rings. The highest BCUT2D eigenvalue weighted by atomic mass is 32.1. The Balaban J connectivity index is 2.02. The fraction of sp³-hybridized carbons (Fsp3) is 0.292. The maximum atomic E-state index is 15.7. The van der Waals surface area contributed by atoms with E-state index in [9.17, 15) is 14.7 Å². The maximum Gasteiger partial charge on any atom is 0.274 e. The van der Waals surface area contributed by atoms with Gasteiger partial charge in [-0.25, -0.2) is 9.37 Å². The molecular formula is C24H25FN4O4S. The zero-order valence-corrected chi connectivity index (χ0v) is 20.5. The summed E-state index contributed by atoms with van der Waals surface area (Å²) in [6, 6.07) is 5.11. The number of H-pyrrole nitrogens is 1. The summed E-state index contributed by atoms with van der Waals surface area (Å²) in [6.45, 7) is 6.66. The molecule has 8 nitrogen and oxygen atoms in total. The van der Waals surface area contributed by atoms with E-state index in [2.05, 4.69) is 15.3 Å². The van der Waals surface area contributed by atoms with E-state index in [0.29, 0.717) is 21.5 Å². The summed E-state index contributed by atoms with van der Waals surface area (Å²) >= 11 is 1.02. The molecule has 0 radical (unpaired) electrons.